The summed E-state index contributed by atoms with van der Waals surface area (Å²) in [6.45, 7) is 4.34. The van der Waals surface area contributed by atoms with E-state index in [0.717, 1.165) is 17.7 Å². The first-order valence-corrected chi connectivity index (χ1v) is 9.64. The van der Waals surface area contributed by atoms with Crippen LogP contribution in [0.5, 0.6) is 5.75 Å². The maximum absolute atomic E-state index is 12.7. The number of rotatable bonds is 5. The zero-order valence-electron chi connectivity index (χ0n) is 17.1. The second kappa shape index (κ2) is 7.62. The van der Waals surface area contributed by atoms with Gasteiger partial charge in [0.25, 0.3) is 5.78 Å². The van der Waals surface area contributed by atoms with E-state index in [9.17, 15) is 9.59 Å². The molecule has 4 rings (SSSR count). The van der Waals surface area contributed by atoms with Crippen LogP contribution >= 0.6 is 0 Å². The molecular formula is C20H23N7O3. The number of nitrogens with two attached hydrogens (primary N) is 1. The second-order valence-electron chi connectivity index (χ2n) is 7.20. The van der Waals surface area contributed by atoms with E-state index in [1.807, 2.05) is 13.8 Å². The second-order valence-corrected chi connectivity index (χ2v) is 7.20. The van der Waals surface area contributed by atoms with Crippen molar-refractivity contribution in [2.45, 2.75) is 33.1 Å². The summed E-state index contributed by atoms with van der Waals surface area (Å²) in [6, 6.07) is 5.28. The number of carbonyl (C=O) groups is 2. The number of nitrogens with one attached hydrogen (secondary N) is 1. The number of carbonyl (C=O) groups excluding carboxylic acids is 2. The number of hydrogen-bond acceptors (Lipinski definition) is 7. The molecule has 10 heteroatoms. The Hall–Kier alpha value is -3.69. The molecule has 2 aromatic heterocycles. The summed E-state index contributed by atoms with van der Waals surface area (Å²) in [7, 11) is 1.54. The van der Waals surface area contributed by atoms with Crippen molar-refractivity contribution in [3.05, 3.63) is 35.2 Å². The van der Waals surface area contributed by atoms with Gasteiger partial charge in [-0.25, -0.2) is 4.98 Å². The Bertz CT molecular complexity index is 1150. The number of aryl methyl sites for hydroxylation is 2. The van der Waals surface area contributed by atoms with E-state index in [2.05, 4.69) is 20.4 Å². The van der Waals surface area contributed by atoms with Gasteiger partial charge in [-0.2, -0.15) is 9.50 Å². The van der Waals surface area contributed by atoms with Crippen molar-refractivity contribution in [3.63, 3.8) is 0 Å². The quantitative estimate of drug-likeness (QED) is 0.655. The molecule has 1 aliphatic rings. The predicted molar refractivity (Wildman–Crippen MR) is 112 cm³/mol. The van der Waals surface area contributed by atoms with Crippen molar-refractivity contribution in [1.29, 1.82) is 0 Å². The summed E-state index contributed by atoms with van der Waals surface area (Å²) in [5.41, 5.74) is 9.17. The van der Waals surface area contributed by atoms with Gasteiger partial charge in [-0.05, 0) is 32.4 Å². The van der Waals surface area contributed by atoms with Gasteiger partial charge in [-0.3, -0.25) is 9.59 Å². The Morgan fingerprint density at radius 2 is 2.10 bits per heavy atom. The lowest BCUT2D eigenvalue weighted by atomic mass is 10.1. The number of aromatic nitrogens is 4. The lowest BCUT2D eigenvalue weighted by molar-refractivity contribution is -0.117. The predicted octanol–water partition coefficient (Wildman–Crippen LogP) is 1.64. The number of ether oxygens (including phenoxy) is 1. The zero-order valence-corrected chi connectivity index (χ0v) is 17.1. The van der Waals surface area contributed by atoms with Crippen LogP contribution in [0.1, 0.15) is 29.8 Å². The van der Waals surface area contributed by atoms with Gasteiger partial charge in [0.2, 0.25) is 17.8 Å². The maximum atomic E-state index is 12.7. The number of nitrogens with zero attached hydrogens (tertiary/aromatic N) is 5. The smallest absolute Gasteiger partial charge is 0.254 e. The van der Waals surface area contributed by atoms with Crippen LogP contribution in [0.25, 0.3) is 5.78 Å². The van der Waals surface area contributed by atoms with Gasteiger partial charge in [0.15, 0.2) is 0 Å². The number of anilines is 3. The van der Waals surface area contributed by atoms with Gasteiger partial charge >= 0.3 is 0 Å². The molecule has 10 nitrogen and oxygen atoms in total. The van der Waals surface area contributed by atoms with E-state index in [1.54, 1.807) is 30.2 Å². The highest BCUT2D eigenvalue weighted by atomic mass is 16.5. The third-order valence-corrected chi connectivity index (χ3v) is 5.23. The maximum Gasteiger partial charge on any atom is 0.254 e. The highest BCUT2D eigenvalue weighted by Gasteiger charge is 2.24. The molecular weight excluding hydrogens is 386 g/mol. The first-order valence-electron chi connectivity index (χ1n) is 9.64. The van der Waals surface area contributed by atoms with Crippen molar-refractivity contribution in [1.82, 2.24) is 19.6 Å². The fourth-order valence-electron chi connectivity index (χ4n) is 3.73. The van der Waals surface area contributed by atoms with Gasteiger partial charge in [-0.1, -0.05) is 0 Å². The Morgan fingerprint density at radius 3 is 2.80 bits per heavy atom. The molecule has 1 saturated heterocycles. The largest absolute Gasteiger partial charge is 0.494 e. The van der Waals surface area contributed by atoms with Gasteiger partial charge in [0.1, 0.15) is 5.75 Å². The molecule has 0 bridgehead atoms. The monoisotopic (exact) mass is 409 g/mol. The standard InChI is InChI=1S/C20H23N7O3/c1-11-14(12(2)27-20(22-11)24-19(21)25-27)10-17(28)23-13-6-7-15(16(9-13)30-3)26-8-4-5-18(26)29/h6-7,9H,4-5,8,10H2,1-3H3,(H2,21,25)(H,23,28). The van der Waals surface area contributed by atoms with Crippen molar-refractivity contribution in [3.8, 4) is 5.75 Å². The van der Waals surface area contributed by atoms with Crippen LogP contribution in [0, 0.1) is 13.8 Å². The van der Waals surface area contributed by atoms with Gasteiger partial charge in [0.05, 0.1) is 19.2 Å². The summed E-state index contributed by atoms with van der Waals surface area (Å²) < 4.78 is 6.99. The average Bonchev–Trinajstić information content (AvgIpc) is 3.30. The highest BCUT2D eigenvalue weighted by Crippen LogP contribution is 2.34. The SMILES string of the molecule is COc1cc(NC(=O)Cc2c(C)nc3nc(N)nn3c2C)ccc1N1CCCC1=O. The van der Waals surface area contributed by atoms with Crippen LogP contribution in [0.4, 0.5) is 17.3 Å². The number of fused-ring (bicyclic) bond motifs is 1. The molecule has 2 amide bonds. The van der Waals surface area contributed by atoms with Crippen molar-refractivity contribution >= 4 is 34.9 Å². The van der Waals surface area contributed by atoms with Crippen molar-refractivity contribution < 1.29 is 14.3 Å². The molecule has 0 unspecified atom stereocenters. The summed E-state index contributed by atoms with van der Waals surface area (Å²) in [6.07, 6.45) is 1.49. The Morgan fingerprint density at radius 1 is 1.30 bits per heavy atom. The Labute approximate surface area is 173 Å². The minimum absolute atomic E-state index is 0.0766. The van der Waals surface area contributed by atoms with Gasteiger partial charge < -0.3 is 20.7 Å². The summed E-state index contributed by atoms with van der Waals surface area (Å²) in [4.78, 5) is 34.9. The number of hydrogen-bond donors (Lipinski definition) is 2. The molecule has 0 atom stereocenters. The fourth-order valence-corrected chi connectivity index (χ4v) is 3.73. The van der Waals surface area contributed by atoms with E-state index < -0.39 is 0 Å². The van der Waals surface area contributed by atoms with Crippen LogP contribution in [0.3, 0.4) is 0 Å². The van der Waals surface area contributed by atoms with Crippen molar-refractivity contribution in [2.75, 3.05) is 29.6 Å². The third kappa shape index (κ3) is 3.51. The zero-order chi connectivity index (χ0) is 21.4. The van der Waals surface area contributed by atoms with E-state index >= 15 is 0 Å². The summed E-state index contributed by atoms with van der Waals surface area (Å²) >= 11 is 0. The minimum atomic E-state index is -0.206. The van der Waals surface area contributed by atoms with Crippen LogP contribution < -0.4 is 20.7 Å². The van der Waals surface area contributed by atoms with E-state index in [0.29, 0.717) is 41.6 Å². The molecule has 0 aliphatic carbocycles. The number of nitrogen functional groups attached to an aromatic ring is 1. The van der Waals surface area contributed by atoms with Gasteiger partial charge in [0, 0.05) is 41.7 Å². The Balaban J connectivity index is 1.54. The minimum Gasteiger partial charge on any atom is -0.494 e. The third-order valence-electron chi connectivity index (χ3n) is 5.23. The fraction of sp³-hybridized carbons (Fsp3) is 0.350. The first kappa shape index (κ1) is 19.6. The molecule has 156 valence electrons. The molecule has 0 saturated carbocycles. The average molecular weight is 409 g/mol. The molecule has 3 N–H and O–H groups in total. The van der Waals surface area contributed by atoms with E-state index in [4.69, 9.17) is 10.5 Å². The number of benzene rings is 1. The molecule has 0 spiro atoms. The molecule has 1 fully saturated rings. The molecule has 0 radical (unpaired) electrons. The summed E-state index contributed by atoms with van der Waals surface area (Å²) in [5.74, 6) is 0.950. The lowest BCUT2D eigenvalue weighted by Gasteiger charge is -2.19. The Kier molecular flexibility index (Phi) is 4.98. The lowest BCUT2D eigenvalue weighted by Crippen LogP contribution is -2.24. The first-order chi connectivity index (χ1) is 14.4. The molecule has 30 heavy (non-hydrogen) atoms. The van der Waals surface area contributed by atoms with Crippen LogP contribution in [0.15, 0.2) is 18.2 Å². The summed E-state index contributed by atoms with van der Waals surface area (Å²) in [5, 5.41) is 7.00. The van der Waals surface area contributed by atoms with E-state index in [1.165, 1.54) is 4.52 Å². The van der Waals surface area contributed by atoms with Gasteiger partial charge in [-0.15, -0.1) is 5.10 Å². The van der Waals surface area contributed by atoms with Crippen molar-refractivity contribution in [2.24, 2.45) is 0 Å². The van der Waals surface area contributed by atoms with Crippen LogP contribution in [0.2, 0.25) is 0 Å². The molecule has 3 aromatic rings. The van der Waals surface area contributed by atoms with E-state index in [-0.39, 0.29) is 24.2 Å². The van der Waals surface area contributed by atoms with Crippen LogP contribution in [-0.2, 0) is 16.0 Å². The highest BCUT2D eigenvalue weighted by molar-refractivity contribution is 5.98. The molecule has 1 aliphatic heterocycles. The number of amides is 2. The molecule has 3 heterocycles. The van der Waals surface area contributed by atoms with Crippen LogP contribution in [-0.4, -0.2) is 45.1 Å². The normalized spacial score (nSPS) is 13.8. The molecule has 1 aromatic carbocycles. The topological polar surface area (TPSA) is 128 Å². The number of methoxy groups -OCH3 is 1.